The molecule has 0 aliphatic rings. The number of thiazole rings is 1. The van der Waals surface area contributed by atoms with Crippen LogP contribution < -0.4 is 5.32 Å². The first-order chi connectivity index (χ1) is 8.31. The molecule has 0 amide bonds. The Balaban J connectivity index is 2.20. The summed E-state index contributed by atoms with van der Waals surface area (Å²) in [5.74, 6) is 0. The monoisotopic (exact) mass is 247 g/mol. The van der Waals surface area contributed by atoms with Crippen LogP contribution in [0.15, 0.2) is 30.2 Å². The molecule has 2 heterocycles. The van der Waals surface area contributed by atoms with E-state index in [1.165, 1.54) is 16.0 Å². The molecule has 0 saturated heterocycles. The van der Waals surface area contributed by atoms with Crippen LogP contribution in [-0.4, -0.2) is 16.5 Å². The Kier molecular flexibility index (Phi) is 4.23. The van der Waals surface area contributed by atoms with E-state index in [1.807, 2.05) is 24.1 Å². The topological polar surface area (TPSA) is 37.8 Å². The van der Waals surface area contributed by atoms with Crippen LogP contribution in [0.3, 0.4) is 0 Å². The van der Waals surface area contributed by atoms with Gasteiger partial charge in [0, 0.05) is 35.9 Å². The van der Waals surface area contributed by atoms with E-state index in [9.17, 15) is 0 Å². The van der Waals surface area contributed by atoms with E-state index >= 15 is 0 Å². The molecule has 0 aliphatic carbocycles. The fraction of sp³-hybridized carbons (Fsp3) is 0.385. The lowest BCUT2D eigenvalue weighted by Gasteiger charge is -2.19. The highest BCUT2D eigenvalue weighted by Gasteiger charge is 2.14. The van der Waals surface area contributed by atoms with Crippen molar-refractivity contribution in [3.63, 3.8) is 0 Å². The van der Waals surface area contributed by atoms with Crippen molar-refractivity contribution in [3.05, 3.63) is 46.2 Å². The van der Waals surface area contributed by atoms with E-state index in [2.05, 4.69) is 35.2 Å². The van der Waals surface area contributed by atoms with Gasteiger partial charge in [0.15, 0.2) is 0 Å². The predicted octanol–water partition coefficient (Wildman–Crippen LogP) is 2.74. The molecule has 17 heavy (non-hydrogen) atoms. The first kappa shape index (κ1) is 12.2. The van der Waals surface area contributed by atoms with Gasteiger partial charge in [-0.25, -0.2) is 0 Å². The number of hydrogen-bond donors (Lipinski definition) is 1. The molecule has 1 N–H and O–H groups in total. The highest BCUT2D eigenvalue weighted by molar-refractivity contribution is 7.09. The van der Waals surface area contributed by atoms with Gasteiger partial charge in [-0.2, -0.15) is 0 Å². The third-order valence-electron chi connectivity index (χ3n) is 2.79. The van der Waals surface area contributed by atoms with Crippen LogP contribution in [0.1, 0.15) is 29.0 Å². The van der Waals surface area contributed by atoms with Gasteiger partial charge in [0.25, 0.3) is 0 Å². The fourth-order valence-corrected chi connectivity index (χ4v) is 2.57. The summed E-state index contributed by atoms with van der Waals surface area (Å²) in [6.45, 7) is 5.22. The Morgan fingerprint density at radius 1 is 1.35 bits per heavy atom. The molecular weight excluding hydrogens is 230 g/mol. The zero-order valence-corrected chi connectivity index (χ0v) is 11.0. The maximum Gasteiger partial charge on any atom is 0.0794 e. The quantitative estimate of drug-likeness (QED) is 0.883. The Morgan fingerprint density at radius 2 is 2.24 bits per heavy atom. The third kappa shape index (κ3) is 3.11. The molecule has 4 heteroatoms. The van der Waals surface area contributed by atoms with Crippen molar-refractivity contribution in [2.24, 2.45) is 0 Å². The molecule has 90 valence electrons. The van der Waals surface area contributed by atoms with Gasteiger partial charge in [-0.3, -0.25) is 9.97 Å². The van der Waals surface area contributed by atoms with Gasteiger partial charge >= 0.3 is 0 Å². The molecule has 0 fully saturated rings. The molecule has 2 aromatic heterocycles. The molecular formula is C13H17N3S. The summed E-state index contributed by atoms with van der Waals surface area (Å²) >= 11 is 1.71. The molecule has 0 aliphatic heterocycles. The zero-order chi connectivity index (χ0) is 12.1. The Bertz CT molecular complexity index is 453. The van der Waals surface area contributed by atoms with Gasteiger partial charge in [-0.05, 0) is 30.7 Å². The minimum Gasteiger partial charge on any atom is -0.310 e. The second kappa shape index (κ2) is 5.89. The van der Waals surface area contributed by atoms with Crippen LogP contribution >= 0.6 is 11.3 Å². The standard InChI is InChI=1S/C13H17N3S/c1-3-16-13(6-11-7-15-9-17-11)12-8-14-5-4-10(12)2/h4-5,7-9,13,16H,3,6H2,1-2H3. The average molecular weight is 247 g/mol. The average Bonchev–Trinajstić information content (AvgIpc) is 2.82. The number of hydrogen-bond acceptors (Lipinski definition) is 4. The van der Waals surface area contributed by atoms with Crippen LogP contribution in [0.2, 0.25) is 0 Å². The normalized spacial score (nSPS) is 12.6. The molecule has 2 aromatic rings. The Morgan fingerprint density at radius 3 is 2.88 bits per heavy atom. The Labute approximate surface area is 106 Å². The molecule has 3 nitrogen and oxygen atoms in total. The Hall–Kier alpha value is -1.26. The number of likely N-dealkylation sites (N-methyl/N-ethyl adjacent to an activating group) is 1. The lowest BCUT2D eigenvalue weighted by molar-refractivity contribution is 0.549. The van der Waals surface area contributed by atoms with E-state index in [1.54, 1.807) is 11.3 Å². The van der Waals surface area contributed by atoms with E-state index in [0.717, 1.165) is 13.0 Å². The van der Waals surface area contributed by atoms with Crippen molar-refractivity contribution in [3.8, 4) is 0 Å². The summed E-state index contributed by atoms with van der Waals surface area (Å²) < 4.78 is 0. The number of aryl methyl sites for hydroxylation is 1. The highest BCUT2D eigenvalue weighted by Crippen LogP contribution is 2.22. The minimum atomic E-state index is 0.328. The van der Waals surface area contributed by atoms with Crippen molar-refractivity contribution in [2.75, 3.05) is 6.54 Å². The summed E-state index contributed by atoms with van der Waals surface area (Å²) in [7, 11) is 0. The number of pyridine rings is 1. The number of nitrogens with one attached hydrogen (secondary N) is 1. The maximum atomic E-state index is 4.23. The van der Waals surface area contributed by atoms with Crippen LogP contribution in [0.4, 0.5) is 0 Å². The minimum absolute atomic E-state index is 0.328. The number of aromatic nitrogens is 2. The van der Waals surface area contributed by atoms with Gasteiger partial charge in [-0.1, -0.05) is 6.92 Å². The van der Waals surface area contributed by atoms with Crippen LogP contribution in [0.25, 0.3) is 0 Å². The van der Waals surface area contributed by atoms with E-state index in [-0.39, 0.29) is 0 Å². The summed E-state index contributed by atoms with van der Waals surface area (Å²) in [5.41, 5.74) is 4.45. The SMILES string of the molecule is CCNC(Cc1cncs1)c1cnccc1C. The van der Waals surface area contributed by atoms with E-state index in [0.29, 0.717) is 6.04 Å². The molecule has 0 saturated carbocycles. The number of nitrogens with zero attached hydrogens (tertiary/aromatic N) is 2. The summed E-state index contributed by atoms with van der Waals surface area (Å²) in [6.07, 6.45) is 6.73. The van der Waals surface area contributed by atoms with Gasteiger partial charge in [0.05, 0.1) is 5.51 Å². The van der Waals surface area contributed by atoms with Gasteiger partial charge < -0.3 is 5.32 Å². The highest BCUT2D eigenvalue weighted by atomic mass is 32.1. The van der Waals surface area contributed by atoms with Gasteiger partial charge in [0.1, 0.15) is 0 Å². The predicted molar refractivity (Wildman–Crippen MR) is 71.2 cm³/mol. The van der Waals surface area contributed by atoms with Crippen LogP contribution in [0.5, 0.6) is 0 Å². The summed E-state index contributed by atoms with van der Waals surface area (Å²) in [5, 5.41) is 3.52. The second-order valence-electron chi connectivity index (χ2n) is 4.01. The molecule has 2 rings (SSSR count). The van der Waals surface area contributed by atoms with Crippen molar-refractivity contribution in [1.82, 2.24) is 15.3 Å². The lowest BCUT2D eigenvalue weighted by Crippen LogP contribution is -2.23. The number of rotatable bonds is 5. The smallest absolute Gasteiger partial charge is 0.0794 e. The first-order valence-corrected chi connectivity index (χ1v) is 6.70. The van der Waals surface area contributed by atoms with Crippen molar-refractivity contribution in [1.29, 1.82) is 0 Å². The van der Waals surface area contributed by atoms with Gasteiger partial charge in [0.2, 0.25) is 0 Å². The first-order valence-electron chi connectivity index (χ1n) is 5.82. The molecule has 0 bridgehead atoms. The summed E-state index contributed by atoms with van der Waals surface area (Å²) in [6, 6.07) is 2.39. The summed E-state index contributed by atoms with van der Waals surface area (Å²) in [4.78, 5) is 9.66. The van der Waals surface area contributed by atoms with E-state index < -0.39 is 0 Å². The van der Waals surface area contributed by atoms with Crippen molar-refractivity contribution < 1.29 is 0 Å². The van der Waals surface area contributed by atoms with Crippen LogP contribution in [-0.2, 0) is 6.42 Å². The maximum absolute atomic E-state index is 4.23. The molecule has 0 aromatic carbocycles. The molecule has 1 atom stereocenters. The van der Waals surface area contributed by atoms with E-state index in [4.69, 9.17) is 0 Å². The van der Waals surface area contributed by atoms with Gasteiger partial charge in [-0.15, -0.1) is 11.3 Å². The third-order valence-corrected chi connectivity index (χ3v) is 3.60. The molecule has 0 radical (unpaired) electrons. The van der Waals surface area contributed by atoms with Crippen molar-refractivity contribution >= 4 is 11.3 Å². The largest absolute Gasteiger partial charge is 0.310 e. The van der Waals surface area contributed by atoms with Crippen LogP contribution in [0, 0.1) is 6.92 Å². The lowest BCUT2D eigenvalue weighted by atomic mass is 10.0. The zero-order valence-electron chi connectivity index (χ0n) is 10.2. The second-order valence-corrected chi connectivity index (χ2v) is 4.99. The molecule has 1 unspecified atom stereocenters. The fourth-order valence-electron chi connectivity index (χ4n) is 1.92. The molecule has 0 spiro atoms. The van der Waals surface area contributed by atoms with Crippen molar-refractivity contribution in [2.45, 2.75) is 26.3 Å².